The summed E-state index contributed by atoms with van der Waals surface area (Å²) >= 11 is 0. The molecule has 0 N–H and O–H groups in total. The Bertz CT molecular complexity index is 774. The van der Waals surface area contributed by atoms with Gasteiger partial charge in [-0.15, -0.1) is 0 Å². The summed E-state index contributed by atoms with van der Waals surface area (Å²) in [4.78, 5) is 11.9. The van der Waals surface area contributed by atoms with E-state index in [-0.39, 0.29) is 18.7 Å². The fourth-order valence-corrected chi connectivity index (χ4v) is 4.60. The molecule has 0 fully saturated rings. The number of hydrogen-bond donors (Lipinski definition) is 0. The standard InChI is InChI=1S/C23H31O5P/c1-3-5-6-7-11-14-23(24)27-21-15-17-22(18-16-21)28-29(25,26-4-2)19-20-12-9-8-10-13-20/h8-10,12-13,15-18H,3-7,11,14,19H2,1-2H3. The van der Waals surface area contributed by atoms with Crippen molar-refractivity contribution in [3.05, 3.63) is 60.2 Å². The van der Waals surface area contributed by atoms with Gasteiger partial charge in [0, 0.05) is 6.42 Å². The molecule has 0 spiro atoms. The van der Waals surface area contributed by atoms with Gasteiger partial charge < -0.3 is 9.26 Å². The molecule has 5 nitrogen and oxygen atoms in total. The van der Waals surface area contributed by atoms with Crippen molar-refractivity contribution in [2.24, 2.45) is 0 Å². The number of esters is 1. The summed E-state index contributed by atoms with van der Waals surface area (Å²) in [6.45, 7) is 4.24. The van der Waals surface area contributed by atoms with E-state index in [4.69, 9.17) is 13.8 Å². The van der Waals surface area contributed by atoms with E-state index in [2.05, 4.69) is 6.92 Å². The second-order valence-electron chi connectivity index (χ2n) is 6.87. The molecule has 1 unspecified atom stereocenters. The number of carbonyl (C=O) groups is 1. The molecule has 2 rings (SSSR count). The van der Waals surface area contributed by atoms with Crippen LogP contribution < -0.4 is 9.26 Å². The Morgan fingerprint density at radius 2 is 1.52 bits per heavy atom. The van der Waals surface area contributed by atoms with Gasteiger partial charge in [0.15, 0.2) is 0 Å². The second-order valence-corrected chi connectivity index (χ2v) is 8.85. The smallest absolute Gasteiger partial charge is 0.383 e. The highest BCUT2D eigenvalue weighted by Gasteiger charge is 2.26. The highest BCUT2D eigenvalue weighted by molar-refractivity contribution is 7.53. The van der Waals surface area contributed by atoms with E-state index in [1.54, 1.807) is 31.2 Å². The third kappa shape index (κ3) is 8.84. The van der Waals surface area contributed by atoms with Crippen LogP contribution >= 0.6 is 7.60 Å². The first-order valence-electron chi connectivity index (χ1n) is 10.3. The third-order valence-electron chi connectivity index (χ3n) is 4.33. The molecule has 0 saturated carbocycles. The average molecular weight is 418 g/mol. The minimum Gasteiger partial charge on any atom is -0.427 e. The van der Waals surface area contributed by atoms with E-state index < -0.39 is 7.60 Å². The lowest BCUT2D eigenvalue weighted by Crippen LogP contribution is -2.07. The Labute approximate surface area is 173 Å². The van der Waals surface area contributed by atoms with E-state index in [1.165, 1.54) is 12.8 Å². The summed E-state index contributed by atoms with van der Waals surface area (Å²) in [5, 5.41) is 0. The Morgan fingerprint density at radius 1 is 0.862 bits per heavy atom. The van der Waals surface area contributed by atoms with Gasteiger partial charge >= 0.3 is 13.6 Å². The molecule has 0 aliphatic rings. The van der Waals surface area contributed by atoms with Crippen molar-refractivity contribution in [1.82, 2.24) is 0 Å². The van der Waals surface area contributed by atoms with Gasteiger partial charge in [-0.1, -0.05) is 62.9 Å². The largest absolute Gasteiger partial charge is 0.427 e. The average Bonchev–Trinajstić information content (AvgIpc) is 2.70. The maximum absolute atomic E-state index is 13.1. The summed E-state index contributed by atoms with van der Waals surface area (Å²) in [5.74, 6) is 0.626. The molecule has 0 radical (unpaired) electrons. The molecule has 0 aliphatic heterocycles. The summed E-state index contributed by atoms with van der Waals surface area (Å²) in [6.07, 6.45) is 6.03. The summed E-state index contributed by atoms with van der Waals surface area (Å²) < 4.78 is 29.6. The van der Waals surface area contributed by atoms with Crippen LogP contribution in [0.1, 0.15) is 57.9 Å². The first-order valence-corrected chi connectivity index (χ1v) is 12.1. The van der Waals surface area contributed by atoms with Crippen LogP contribution in [0.25, 0.3) is 0 Å². The molecule has 29 heavy (non-hydrogen) atoms. The molecular weight excluding hydrogens is 387 g/mol. The molecule has 0 aromatic heterocycles. The summed E-state index contributed by atoms with van der Waals surface area (Å²) in [5.41, 5.74) is 0.883. The first kappa shape index (κ1) is 23.2. The topological polar surface area (TPSA) is 61.8 Å². The maximum atomic E-state index is 13.1. The van der Waals surface area contributed by atoms with E-state index >= 15 is 0 Å². The lowest BCUT2D eigenvalue weighted by molar-refractivity contribution is -0.134. The van der Waals surface area contributed by atoms with Crippen molar-refractivity contribution < 1.29 is 23.1 Å². The Morgan fingerprint density at radius 3 is 2.17 bits per heavy atom. The Hall–Kier alpha value is -2.10. The number of carbonyl (C=O) groups excluding carboxylic acids is 1. The van der Waals surface area contributed by atoms with Gasteiger partial charge in [0.1, 0.15) is 11.5 Å². The van der Waals surface area contributed by atoms with E-state index in [1.807, 2.05) is 30.3 Å². The lowest BCUT2D eigenvalue weighted by atomic mass is 10.1. The van der Waals surface area contributed by atoms with Gasteiger partial charge in [0.25, 0.3) is 0 Å². The minimum atomic E-state index is -3.34. The van der Waals surface area contributed by atoms with E-state index in [9.17, 15) is 9.36 Å². The highest BCUT2D eigenvalue weighted by Crippen LogP contribution is 2.51. The molecule has 158 valence electrons. The third-order valence-corrected chi connectivity index (χ3v) is 6.22. The normalized spacial score (nSPS) is 12.9. The quantitative estimate of drug-likeness (QED) is 0.156. The highest BCUT2D eigenvalue weighted by atomic mass is 31.2. The zero-order valence-corrected chi connectivity index (χ0v) is 18.2. The zero-order chi connectivity index (χ0) is 21.0. The summed E-state index contributed by atoms with van der Waals surface area (Å²) in [6, 6.07) is 16.0. The van der Waals surface area contributed by atoms with Gasteiger partial charge in [0.05, 0.1) is 12.8 Å². The molecule has 0 amide bonds. The van der Waals surface area contributed by atoms with Crippen LogP contribution in [0, 0.1) is 0 Å². The molecule has 1 atom stereocenters. The molecule has 0 saturated heterocycles. The van der Waals surface area contributed by atoms with Crippen LogP contribution in [0.15, 0.2) is 54.6 Å². The Balaban J connectivity index is 1.89. The number of rotatable bonds is 13. The predicted octanol–water partition coefficient (Wildman–Crippen LogP) is 6.76. The van der Waals surface area contributed by atoms with E-state index in [0.717, 1.165) is 24.8 Å². The van der Waals surface area contributed by atoms with Crippen molar-refractivity contribution in [1.29, 1.82) is 0 Å². The molecule has 0 bridgehead atoms. The van der Waals surface area contributed by atoms with Crippen LogP contribution in [-0.4, -0.2) is 12.6 Å². The first-order chi connectivity index (χ1) is 14.0. The maximum Gasteiger partial charge on any atom is 0.383 e. The van der Waals surface area contributed by atoms with Crippen molar-refractivity contribution >= 4 is 13.6 Å². The van der Waals surface area contributed by atoms with Crippen molar-refractivity contribution in [3.8, 4) is 11.5 Å². The number of unbranched alkanes of at least 4 members (excludes halogenated alkanes) is 4. The zero-order valence-electron chi connectivity index (χ0n) is 17.3. The van der Waals surface area contributed by atoms with Crippen LogP contribution in [0.4, 0.5) is 0 Å². The molecular formula is C23H31O5P. The number of hydrogen-bond acceptors (Lipinski definition) is 5. The van der Waals surface area contributed by atoms with Crippen LogP contribution in [-0.2, 0) is 20.0 Å². The van der Waals surface area contributed by atoms with Crippen molar-refractivity contribution in [2.75, 3.05) is 6.61 Å². The number of benzene rings is 2. The van der Waals surface area contributed by atoms with Gasteiger partial charge in [-0.25, -0.2) is 4.57 Å². The van der Waals surface area contributed by atoms with Gasteiger partial charge in [0.2, 0.25) is 0 Å². The monoisotopic (exact) mass is 418 g/mol. The van der Waals surface area contributed by atoms with Crippen LogP contribution in [0.3, 0.4) is 0 Å². The fourth-order valence-electron chi connectivity index (χ4n) is 2.89. The molecule has 2 aromatic carbocycles. The van der Waals surface area contributed by atoms with Crippen LogP contribution in [0.2, 0.25) is 0 Å². The van der Waals surface area contributed by atoms with Crippen molar-refractivity contribution in [3.63, 3.8) is 0 Å². The molecule has 6 heteroatoms. The van der Waals surface area contributed by atoms with Crippen molar-refractivity contribution in [2.45, 2.75) is 58.5 Å². The predicted molar refractivity (Wildman–Crippen MR) is 115 cm³/mol. The molecule has 2 aromatic rings. The molecule has 0 heterocycles. The van der Waals surface area contributed by atoms with E-state index in [0.29, 0.717) is 17.9 Å². The van der Waals surface area contributed by atoms with Gasteiger partial charge in [-0.05, 0) is 43.2 Å². The second kappa shape index (κ2) is 12.5. The lowest BCUT2D eigenvalue weighted by Gasteiger charge is -2.19. The number of ether oxygens (including phenoxy) is 1. The fraction of sp³-hybridized carbons (Fsp3) is 0.435. The van der Waals surface area contributed by atoms with Gasteiger partial charge in [-0.2, -0.15) is 0 Å². The summed E-state index contributed by atoms with van der Waals surface area (Å²) in [7, 11) is -3.34. The Kier molecular flexibility index (Phi) is 9.96. The van der Waals surface area contributed by atoms with Crippen LogP contribution in [0.5, 0.6) is 11.5 Å². The SMILES string of the molecule is CCCCCCCC(=O)Oc1ccc(OP(=O)(Cc2ccccc2)OCC)cc1. The minimum absolute atomic E-state index is 0.191. The molecule has 0 aliphatic carbocycles. The van der Waals surface area contributed by atoms with Gasteiger partial charge in [-0.3, -0.25) is 9.32 Å².